The van der Waals surface area contributed by atoms with Crippen LogP contribution in [0.25, 0.3) is 11.1 Å². The minimum atomic E-state index is -0.757. The van der Waals surface area contributed by atoms with Crippen molar-refractivity contribution in [1.29, 1.82) is 0 Å². The molecule has 0 radical (unpaired) electrons. The third-order valence-corrected chi connectivity index (χ3v) is 10.3. The minimum absolute atomic E-state index is 0.0289. The van der Waals surface area contributed by atoms with Crippen LogP contribution in [0.3, 0.4) is 0 Å². The van der Waals surface area contributed by atoms with Crippen molar-refractivity contribution in [3.63, 3.8) is 0 Å². The van der Waals surface area contributed by atoms with Gasteiger partial charge >= 0.3 is 35.8 Å². The summed E-state index contributed by atoms with van der Waals surface area (Å²) < 4.78 is 48.3. The molecule has 69 heavy (non-hydrogen) atoms. The number of rotatable bonds is 20. The zero-order chi connectivity index (χ0) is 49.5. The van der Waals surface area contributed by atoms with Gasteiger partial charge in [0.1, 0.15) is 45.6 Å². The molecule has 0 bridgehead atoms. The van der Waals surface area contributed by atoms with Crippen LogP contribution in [-0.4, -0.2) is 87.7 Å². The summed E-state index contributed by atoms with van der Waals surface area (Å²) in [5.74, 6) is -2.91. The zero-order valence-electron chi connectivity index (χ0n) is 38.3. The molecule has 6 aromatic carbocycles. The molecule has 0 amide bonds. The van der Waals surface area contributed by atoms with E-state index in [0.717, 1.165) is 11.1 Å². The molecular formula is C53H48O16. The van der Waals surface area contributed by atoms with Crippen LogP contribution in [0.5, 0.6) is 34.5 Å². The SMILES string of the molecule is COc1cc(C(=O)OCCC(C)O)ccc1C(=O)Oc1ccc(C(=O)Oc2ccc(-c3ccc(OC(=O)c4ccc(OC(=O)c5ccc(C(=O)OCCC(C)OC)cc5OC)cc4)cc3)cc2)cc1. The maximum atomic E-state index is 13.0. The number of carbonyl (C=O) groups is 6. The Labute approximate surface area is 397 Å². The van der Waals surface area contributed by atoms with Crippen molar-refractivity contribution in [3.8, 4) is 45.6 Å². The highest BCUT2D eigenvalue weighted by molar-refractivity contribution is 5.98. The molecule has 0 aliphatic carbocycles. The van der Waals surface area contributed by atoms with Gasteiger partial charge in [-0.25, -0.2) is 28.8 Å². The molecule has 0 aromatic heterocycles. The first-order valence-electron chi connectivity index (χ1n) is 21.5. The Morgan fingerprint density at radius 1 is 0.420 bits per heavy atom. The Bertz CT molecular complexity index is 2760. The van der Waals surface area contributed by atoms with E-state index in [0.29, 0.717) is 6.42 Å². The van der Waals surface area contributed by atoms with Gasteiger partial charge in [-0.05, 0) is 134 Å². The highest BCUT2D eigenvalue weighted by Gasteiger charge is 2.21. The molecule has 0 fully saturated rings. The van der Waals surface area contributed by atoms with Crippen LogP contribution in [-0.2, 0) is 14.2 Å². The largest absolute Gasteiger partial charge is 0.496 e. The van der Waals surface area contributed by atoms with Gasteiger partial charge in [0.15, 0.2) is 0 Å². The van der Waals surface area contributed by atoms with Crippen molar-refractivity contribution in [1.82, 2.24) is 0 Å². The third kappa shape index (κ3) is 13.9. The molecule has 0 saturated carbocycles. The highest BCUT2D eigenvalue weighted by Crippen LogP contribution is 2.28. The highest BCUT2D eigenvalue weighted by atomic mass is 16.6. The fourth-order valence-electron chi connectivity index (χ4n) is 6.30. The number of benzene rings is 6. The average molecular weight is 941 g/mol. The Balaban J connectivity index is 0.967. The topological polar surface area (TPSA) is 206 Å². The number of aliphatic hydroxyl groups is 1. The van der Waals surface area contributed by atoms with Gasteiger partial charge in [-0.15, -0.1) is 0 Å². The lowest BCUT2D eigenvalue weighted by Crippen LogP contribution is -2.14. The van der Waals surface area contributed by atoms with Crippen molar-refractivity contribution in [3.05, 3.63) is 167 Å². The van der Waals surface area contributed by atoms with E-state index >= 15 is 0 Å². The second-order valence-electron chi connectivity index (χ2n) is 15.2. The normalized spacial score (nSPS) is 11.6. The van der Waals surface area contributed by atoms with Gasteiger partial charge in [-0.1, -0.05) is 24.3 Å². The molecule has 2 atom stereocenters. The van der Waals surface area contributed by atoms with Crippen molar-refractivity contribution in [2.24, 2.45) is 0 Å². The van der Waals surface area contributed by atoms with E-state index in [1.165, 1.54) is 99.1 Å². The number of carbonyl (C=O) groups excluding carboxylic acids is 6. The summed E-state index contributed by atoms with van der Waals surface area (Å²) in [6.07, 6.45) is 0.116. The van der Waals surface area contributed by atoms with Crippen molar-refractivity contribution in [2.75, 3.05) is 34.5 Å². The van der Waals surface area contributed by atoms with Crippen LogP contribution in [0, 0.1) is 0 Å². The van der Waals surface area contributed by atoms with Crippen molar-refractivity contribution >= 4 is 35.8 Å². The molecule has 0 spiro atoms. The van der Waals surface area contributed by atoms with Crippen molar-refractivity contribution < 1.29 is 76.5 Å². The maximum Gasteiger partial charge on any atom is 0.347 e. The van der Waals surface area contributed by atoms with Gasteiger partial charge in [0, 0.05) is 20.0 Å². The van der Waals surface area contributed by atoms with Gasteiger partial charge in [0.05, 0.1) is 61.9 Å². The van der Waals surface area contributed by atoms with Crippen molar-refractivity contribution in [2.45, 2.75) is 38.9 Å². The second-order valence-corrected chi connectivity index (χ2v) is 15.2. The Hall–Kier alpha value is -8.34. The van der Waals surface area contributed by atoms with Gasteiger partial charge in [0.25, 0.3) is 0 Å². The van der Waals surface area contributed by atoms with E-state index in [4.69, 9.17) is 42.6 Å². The molecule has 16 heteroatoms. The number of aliphatic hydroxyl groups excluding tert-OH is 1. The predicted octanol–water partition coefficient (Wildman–Crippen LogP) is 8.76. The number of esters is 6. The van der Waals surface area contributed by atoms with Gasteiger partial charge in [0.2, 0.25) is 0 Å². The number of hydrogen-bond acceptors (Lipinski definition) is 16. The Kier molecular flexibility index (Phi) is 17.4. The van der Waals surface area contributed by atoms with Crippen LogP contribution < -0.4 is 28.4 Å². The molecule has 1 N–H and O–H groups in total. The molecule has 0 saturated heterocycles. The van der Waals surface area contributed by atoms with E-state index in [1.807, 2.05) is 6.92 Å². The van der Waals surface area contributed by atoms with Crippen LogP contribution >= 0.6 is 0 Å². The molecule has 0 aliphatic heterocycles. The molecule has 0 aliphatic rings. The standard InChI is InChI=1S/C53H48O16/c1-32(54)26-28-64-48(55)38-14-24-44(46(30-38)62-4)52(59)68-42-20-10-36(11-21-42)50(57)66-40-16-6-34(7-17-40)35-8-18-41(19-9-35)67-51(58)37-12-22-43(23-13-37)69-53(60)45-25-15-39(31-47(45)63-5)49(56)65-29-27-33(2)61-3/h6-25,30-33,54H,26-29H2,1-5H3. The average Bonchev–Trinajstić information content (AvgIpc) is 3.36. The Morgan fingerprint density at radius 2 is 0.754 bits per heavy atom. The molecule has 6 aromatic rings. The quantitative estimate of drug-likeness (QED) is 0.0561. The maximum absolute atomic E-state index is 13.0. The van der Waals surface area contributed by atoms with E-state index < -0.39 is 41.9 Å². The Morgan fingerprint density at radius 3 is 1.10 bits per heavy atom. The van der Waals surface area contributed by atoms with Gasteiger partial charge in [-0.2, -0.15) is 0 Å². The molecule has 356 valence electrons. The summed E-state index contributed by atoms with van der Waals surface area (Å²) >= 11 is 0. The smallest absolute Gasteiger partial charge is 0.347 e. The minimum Gasteiger partial charge on any atom is -0.496 e. The summed E-state index contributed by atoms with van der Waals surface area (Å²) in [5.41, 5.74) is 2.48. The summed E-state index contributed by atoms with van der Waals surface area (Å²) in [6.45, 7) is 3.64. The summed E-state index contributed by atoms with van der Waals surface area (Å²) in [5, 5.41) is 9.38. The van der Waals surface area contributed by atoms with Crippen LogP contribution in [0.4, 0.5) is 0 Å². The lowest BCUT2D eigenvalue weighted by Gasteiger charge is -2.12. The molecule has 16 nitrogen and oxygen atoms in total. The monoisotopic (exact) mass is 940 g/mol. The van der Waals surface area contributed by atoms with Crippen LogP contribution in [0.15, 0.2) is 133 Å². The fourth-order valence-corrected chi connectivity index (χ4v) is 6.30. The molecular weight excluding hydrogens is 893 g/mol. The van der Waals surface area contributed by atoms with Crippen LogP contribution in [0.1, 0.15) is 88.8 Å². The number of ether oxygens (including phenoxy) is 9. The second kappa shape index (κ2) is 23.9. The lowest BCUT2D eigenvalue weighted by atomic mass is 10.1. The first-order valence-corrected chi connectivity index (χ1v) is 21.5. The summed E-state index contributed by atoms with van der Waals surface area (Å²) in [4.78, 5) is 76.7. The van der Waals surface area contributed by atoms with Gasteiger partial charge < -0.3 is 47.7 Å². The third-order valence-electron chi connectivity index (χ3n) is 10.3. The molecule has 2 unspecified atom stereocenters. The lowest BCUT2D eigenvalue weighted by molar-refractivity contribution is 0.0387. The first kappa shape index (κ1) is 50.1. The van der Waals surface area contributed by atoms with Gasteiger partial charge in [-0.3, -0.25) is 0 Å². The molecule has 0 heterocycles. The van der Waals surface area contributed by atoms with E-state index in [1.54, 1.807) is 62.6 Å². The number of methoxy groups -OCH3 is 3. The number of hydrogen-bond donors (Lipinski definition) is 1. The van der Waals surface area contributed by atoms with Crippen LogP contribution in [0.2, 0.25) is 0 Å². The summed E-state index contributed by atoms with van der Waals surface area (Å²) in [6, 6.07) is 33.5. The zero-order valence-corrected chi connectivity index (χ0v) is 38.3. The van der Waals surface area contributed by atoms with E-state index in [9.17, 15) is 33.9 Å². The predicted molar refractivity (Wildman–Crippen MR) is 249 cm³/mol. The van der Waals surface area contributed by atoms with E-state index in [-0.39, 0.29) is 93.6 Å². The fraction of sp³-hybridized carbons (Fsp3) is 0.208. The van der Waals surface area contributed by atoms with E-state index in [2.05, 4.69) is 0 Å². The first-order chi connectivity index (χ1) is 33.2. The molecule has 6 rings (SSSR count). The summed E-state index contributed by atoms with van der Waals surface area (Å²) in [7, 11) is 4.28.